The largest absolute Gasteiger partial charge is 0.296 e. The summed E-state index contributed by atoms with van der Waals surface area (Å²) in [7, 11) is -3.59. The fourth-order valence-electron chi connectivity index (χ4n) is 2.93. The van der Waals surface area contributed by atoms with Gasteiger partial charge in [0.25, 0.3) is 5.91 Å². The number of hydrogen-bond donors (Lipinski definition) is 1. The van der Waals surface area contributed by atoms with Gasteiger partial charge < -0.3 is 0 Å². The van der Waals surface area contributed by atoms with Crippen molar-refractivity contribution in [3.63, 3.8) is 0 Å². The Balaban J connectivity index is 1.80. The predicted molar refractivity (Wildman–Crippen MR) is 113 cm³/mol. The SMILES string of the molecule is Cc1ccc(S(=O)(=O)N2CCCCC2)cc1C(=O)Nc1nnc(SC(C)C)s1. The Morgan fingerprint density at radius 1 is 1.21 bits per heavy atom. The van der Waals surface area contributed by atoms with Crippen LogP contribution in [0, 0.1) is 6.92 Å². The van der Waals surface area contributed by atoms with Gasteiger partial charge in [-0.05, 0) is 37.5 Å². The number of aromatic nitrogens is 2. The van der Waals surface area contributed by atoms with Gasteiger partial charge in [0.15, 0.2) is 4.34 Å². The van der Waals surface area contributed by atoms with Crippen LogP contribution in [0.4, 0.5) is 5.13 Å². The van der Waals surface area contributed by atoms with Crippen LogP contribution in [0.3, 0.4) is 0 Å². The lowest BCUT2D eigenvalue weighted by Gasteiger charge is -2.26. The Kier molecular flexibility index (Phi) is 6.74. The molecule has 0 bridgehead atoms. The van der Waals surface area contributed by atoms with E-state index >= 15 is 0 Å². The van der Waals surface area contributed by atoms with Crippen LogP contribution in [-0.4, -0.2) is 47.2 Å². The van der Waals surface area contributed by atoms with E-state index < -0.39 is 10.0 Å². The van der Waals surface area contributed by atoms with Crippen LogP contribution in [0.15, 0.2) is 27.4 Å². The van der Waals surface area contributed by atoms with Gasteiger partial charge >= 0.3 is 0 Å². The molecular formula is C18H24N4O3S3. The molecule has 0 aliphatic carbocycles. The van der Waals surface area contributed by atoms with E-state index in [9.17, 15) is 13.2 Å². The second-order valence-corrected chi connectivity index (χ2v) is 11.7. The van der Waals surface area contributed by atoms with Gasteiger partial charge in [0.2, 0.25) is 15.2 Å². The molecule has 1 N–H and O–H groups in total. The lowest BCUT2D eigenvalue weighted by Crippen LogP contribution is -2.35. The van der Waals surface area contributed by atoms with E-state index in [4.69, 9.17) is 0 Å². The first kappa shape index (κ1) is 21.2. The van der Waals surface area contributed by atoms with Crippen LogP contribution in [0.25, 0.3) is 0 Å². The van der Waals surface area contributed by atoms with Gasteiger partial charge in [-0.2, -0.15) is 4.31 Å². The molecule has 1 aromatic carbocycles. The highest BCUT2D eigenvalue weighted by Gasteiger charge is 2.27. The summed E-state index contributed by atoms with van der Waals surface area (Å²) in [6, 6.07) is 4.70. The Labute approximate surface area is 174 Å². The van der Waals surface area contributed by atoms with Crippen molar-refractivity contribution < 1.29 is 13.2 Å². The van der Waals surface area contributed by atoms with Crippen molar-refractivity contribution in [1.82, 2.24) is 14.5 Å². The van der Waals surface area contributed by atoms with E-state index in [0.29, 0.717) is 34.6 Å². The standard InChI is InChI=1S/C18H24N4O3S3/c1-12(2)26-18-21-20-17(27-18)19-16(23)15-11-14(8-7-13(15)3)28(24,25)22-9-5-4-6-10-22/h7-8,11-12H,4-6,9-10H2,1-3H3,(H,19,20,23). The summed E-state index contributed by atoms with van der Waals surface area (Å²) in [5.74, 6) is -0.384. The molecular weight excluding hydrogens is 416 g/mol. The van der Waals surface area contributed by atoms with Crippen molar-refractivity contribution in [3.8, 4) is 0 Å². The highest BCUT2D eigenvalue weighted by molar-refractivity contribution is 8.01. The molecule has 10 heteroatoms. The van der Waals surface area contributed by atoms with Crippen molar-refractivity contribution in [1.29, 1.82) is 0 Å². The number of amides is 1. The number of thioether (sulfide) groups is 1. The first-order valence-corrected chi connectivity index (χ1v) is 12.3. The lowest BCUT2D eigenvalue weighted by molar-refractivity contribution is 0.102. The average Bonchev–Trinajstić information content (AvgIpc) is 3.08. The fourth-order valence-corrected chi connectivity index (χ4v) is 6.45. The molecule has 0 spiro atoms. The third-order valence-corrected chi connectivity index (χ3v) is 8.19. The van der Waals surface area contributed by atoms with Crippen molar-refractivity contribution in [2.75, 3.05) is 18.4 Å². The topological polar surface area (TPSA) is 92.3 Å². The summed E-state index contributed by atoms with van der Waals surface area (Å²) < 4.78 is 28.1. The molecule has 1 aliphatic heterocycles. The summed E-state index contributed by atoms with van der Waals surface area (Å²) in [6.45, 7) is 6.95. The molecule has 0 radical (unpaired) electrons. The minimum absolute atomic E-state index is 0.151. The fraction of sp³-hybridized carbons (Fsp3) is 0.500. The van der Waals surface area contributed by atoms with E-state index in [2.05, 4.69) is 29.4 Å². The zero-order valence-electron chi connectivity index (χ0n) is 16.1. The maximum absolute atomic E-state index is 12.9. The van der Waals surface area contributed by atoms with E-state index in [1.54, 1.807) is 30.8 Å². The molecule has 1 amide bonds. The number of carbonyl (C=O) groups excluding carboxylic acids is 1. The first-order valence-electron chi connectivity index (χ1n) is 9.19. The Hall–Kier alpha value is -1.49. The molecule has 1 aliphatic rings. The molecule has 7 nitrogen and oxygen atoms in total. The molecule has 3 rings (SSSR count). The van der Waals surface area contributed by atoms with Crippen molar-refractivity contribution in [2.24, 2.45) is 0 Å². The second-order valence-electron chi connectivity index (χ2n) is 6.94. The molecule has 2 heterocycles. The van der Waals surface area contributed by atoms with E-state index in [-0.39, 0.29) is 10.8 Å². The number of nitrogens with one attached hydrogen (secondary N) is 1. The van der Waals surface area contributed by atoms with E-state index in [1.165, 1.54) is 21.7 Å². The Bertz CT molecular complexity index is 951. The number of piperidine rings is 1. The molecule has 2 aromatic rings. The Morgan fingerprint density at radius 3 is 2.61 bits per heavy atom. The van der Waals surface area contributed by atoms with E-state index in [1.807, 2.05) is 0 Å². The van der Waals surface area contributed by atoms with Gasteiger partial charge in [-0.15, -0.1) is 10.2 Å². The molecule has 1 aromatic heterocycles. The van der Waals surface area contributed by atoms with Crippen LogP contribution in [0.2, 0.25) is 0 Å². The average molecular weight is 441 g/mol. The predicted octanol–water partition coefficient (Wildman–Crippen LogP) is 3.77. The number of benzene rings is 1. The number of nitrogens with zero attached hydrogens (tertiary/aromatic N) is 3. The minimum atomic E-state index is -3.59. The summed E-state index contributed by atoms with van der Waals surface area (Å²) >= 11 is 2.88. The number of hydrogen-bond acceptors (Lipinski definition) is 7. The van der Waals surface area contributed by atoms with Crippen LogP contribution in [0.5, 0.6) is 0 Å². The van der Waals surface area contributed by atoms with Gasteiger partial charge in [-0.1, -0.05) is 49.4 Å². The Morgan fingerprint density at radius 2 is 1.93 bits per heavy atom. The lowest BCUT2D eigenvalue weighted by atomic mass is 10.1. The molecule has 0 unspecified atom stereocenters. The van der Waals surface area contributed by atoms with Crippen LogP contribution in [-0.2, 0) is 10.0 Å². The van der Waals surface area contributed by atoms with Crippen LogP contribution in [0.1, 0.15) is 49.0 Å². The summed E-state index contributed by atoms with van der Waals surface area (Å²) in [5.41, 5.74) is 1.03. The highest BCUT2D eigenvalue weighted by Crippen LogP contribution is 2.29. The summed E-state index contributed by atoms with van der Waals surface area (Å²) in [5, 5.41) is 11.6. The zero-order chi connectivity index (χ0) is 20.3. The summed E-state index contributed by atoms with van der Waals surface area (Å²) in [6.07, 6.45) is 2.78. The maximum Gasteiger partial charge on any atom is 0.257 e. The number of sulfonamides is 1. The molecule has 0 saturated carbocycles. The molecule has 0 atom stereocenters. The highest BCUT2D eigenvalue weighted by atomic mass is 32.2. The number of rotatable bonds is 6. The van der Waals surface area contributed by atoms with Crippen molar-refractivity contribution in [3.05, 3.63) is 29.3 Å². The quantitative estimate of drug-likeness (QED) is 0.543. The zero-order valence-corrected chi connectivity index (χ0v) is 18.6. The minimum Gasteiger partial charge on any atom is -0.296 e. The molecule has 152 valence electrons. The van der Waals surface area contributed by atoms with Gasteiger partial charge in [-0.25, -0.2) is 8.42 Å². The van der Waals surface area contributed by atoms with Gasteiger partial charge in [0.1, 0.15) is 0 Å². The van der Waals surface area contributed by atoms with Crippen molar-refractivity contribution >= 4 is 44.2 Å². The molecule has 1 fully saturated rings. The third-order valence-electron chi connectivity index (χ3n) is 4.37. The molecule has 28 heavy (non-hydrogen) atoms. The summed E-state index contributed by atoms with van der Waals surface area (Å²) in [4.78, 5) is 12.9. The molecule has 1 saturated heterocycles. The monoisotopic (exact) mass is 440 g/mol. The van der Waals surface area contributed by atoms with Crippen molar-refractivity contribution in [2.45, 2.75) is 54.5 Å². The van der Waals surface area contributed by atoms with Gasteiger partial charge in [0.05, 0.1) is 4.90 Å². The van der Waals surface area contributed by atoms with E-state index in [0.717, 1.165) is 23.6 Å². The number of aryl methyl sites for hydroxylation is 1. The normalized spacial score (nSPS) is 15.7. The van der Waals surface area contributed by atoms with Gasteiger partial charge in [-0.3, -0.25) is 10.1 Å². The number of carbonyl (C=O) groups is 1. The smallest absolute Gasteiger partial charge is 0.257 e. The second kappa shape index (κ2) is 8.89. The van der Waals surface area contributed by atoms with Crippen LogP contribution >= 0.6 is 23.1 Å². The van der Waals surface area contributed by atoms with Gasteiger partial charge in [0, 0.05) is 23.9 Å². The third kappa shape index (κ3) is 4.91. The number of anilines is 1. The van der Waals surface area contributed by atoms with Crippen LogP contribution < -0.4 is 5.32 Å². The maximum atomic E-state index is 12.9. The first-order chi connectivity index (χ1) is 13.3.